The number of benzene rings is 3. The van der Waals surface area contributed by atoms with Gasteiger partial charge in [-0.1, -0.05) is 30.3 Å². The van der Waals surface area contributed by atoms with Crippen molar-refractivity contribution in [1.82, 2.24) is 9.80 Å². The number of halogens is 9. The monoisotopic (exact) mass is 642 g/mol. The molecule has 0 saturated carbocycles. The molecule has 0 bridgehead atoms. The van der Waals surface area contributed by atoms with Crippen LogP contribution in [-0.2, 0) is 29.7 Å². The highest BCUT2D eigenvalue weighted by atomic mass is 19.4. The number of nitrogens with zero attached hydrogens (tertiary/aromatic N) is 2. The second-order valence-electron chi connectivity index (χ2n) is 10.8. The molecule has 240 valence electrons. The fourth-order valence-electron chi connectivity index (χ4n) is 5.00. The van der Waals surface area contributed by atoms with Crippen LogP contribution in [0.5, 0.6) is 0 Å². The summed E-state index contributed by atoms with van der Waals surface area (Å²) >= 11 is 0. The molecule has 1 fully saturated rings. The Hall–Kier alpha value is -4.29. The zero-order chi connectivity index (χ0) is 33.3. The molecule has 45 heavy (non-hydrogen) atoms. The number of amides is 2. The van der Waals surface area contributed by atoms with Crippen LogP contribution in [0.4, 0.5) is 39.5 Å². The SMILES string of the molecule is Cc1ccc(C[C@@H]2CN(C(=O)/C=C/c3ccc(C(F)(F)F)cc3)CCN2C(=O)c2cc(C(F)(F)F)cc(C(F)(F)F)c2)cc1C. The van der Waals surface area contributed by atoms with Crippen molar-refractivity contribution in [2.45, 2.75) is 44.8 Å². The van der Waals surface area contributed by atoms with Gasteiger partial charge in [-0.05, 0) is 78.9 Å². The van der Waals surface area contributed by atoms with Gasteiger partial charge in [0.1, 0.15) is 0 Å². The lowest BCUT2D eigenvalue weighted by atomic mass is 9.97. The van der Waals surface area contributed by atoms with Gasteiger partial charge in [0.2, 0.25) is 5.91 Å². The summed E-state index contributed by atoms with van der Waals surface area (Å²) in [6, 6.07) is 9.47. The quantitative estimate of drug-likeness (QED) is 0.209. The maximum absolute atomic E-state index is 13.6. The van der Waals surface area contributed by atoms with E-state index >= 15 is 0 Å². The van der Waals surface area contributed by atoms with Crippen LogP contribution in [0.2, 0.25) is 0 Å². The van der Waals surface area contributed by atoms with E-state index < -0.39 is 58.6 Å². The Bertz CT molecular complexity index is 1560. The molecule has 4 rings (SSSR count). The van der Waals surface area contributed by atoms with Gasteiger partial charge < -0.3 is 9.80 Å². The molecule has 1 saturated heterocycles. The second kappa shape index (κ2) is 12.6. The normalized spacial score (nSPS) is 16.4. The number of carbonyl (C=O) groups excluding carboxylic acids is 2. The van der Waals surface area contributed by atoms with E-state index in [1.807, 2.05) is 26.0 Å². The Morgan fingerprint density at radius 1 is 0.733 bits per heavy atom. The van der Waals surface area contributed by atoms with E-state index in [4.69, 9.17) is 0 Å². The molecule has 0 N–H and O–H groups in total. The first kappa shape index (κ1) is 33.6. The van der Waals surface area contributed by atoms with E-state index in [1.54, 1.807) is 6.07 Å². The van der Waals surface area contributed by atoms with Crippen molar-refractivity contribution in [2.24, 2.45) is 0 Å². The largest absolute Gasteiger partial charge is 0.416 e. The predicted octanol–water partition coefficient (Wildman–Crippen LogP) is 7.97. The summed E-state index contributed by atoms with van der Waals surface area (Å²) in [5.74, 6) is -1.58. The van der Waals surface area contributed by atoms with Gasteiger partial charge in [-0.2, -0.15) is 39.5 Å². The summed E-state index contributed by atoms with van der Waals surface area (Å²) in [6.45, 7) is 3.36. The first-order valence-corrected chi connectivity index (χ1v) is 13.6. The van der Waals surface area contributed by atoms with Crippen molar-refractivity contribution in [1.29, 1.82) is 0 Å². The van der Waals surface area contributed by atoms with E-state index in [1.165, 1.54) is 28.0 Å². The summed E-state index contributed by atoms with van der Waals surface area (Å²) in [6.07, 6.45) is -12.2. The van der Waals surface area contributed by atoms with Gasteiger partial charge in [-0.15, -0.1) is 0 Å². The van der Waals surface area contributed by atoms with Gasteiger partial charge in [0.15, 0.2) is 0 Å². The average Bonchev–Trinajstić information content (AvgIpc) is 2.96. The van der Waals surface area contributed by atoms with E-state index in [2.05, 4.69) is 0 Å². The molecule has 0 spiro atoms. The van der Waals surface area contributed by atoms with Crippen molar-refractivity contribution < 1.29 is 49.1 Å². The Morgan fingerprint density at radius 3 is 1.84 bits per heavy atom. The van der Waals surface area contributed by atoms with Crippen LogP contribution in [0.1, 0.15) is 49.3 Å². The second-order valence-corrected chi connectivity index (χ2v) is 10.8. The minimum Gasteiger partial charge on any atom is -0.335 e. The number of carbonyl (C=O) groups is 2. The standard InChI is InChI=1S/C32H27F9N2O2/c1-19-3-4-22(13-20(19)2)14-27-18-42(28(44)10-7-21-5-8-24(9-6-21)30(33,34)35)11-12-43(27)29(45)23-15-25(31(36,37)38)17-26(16-23)32(39,40)41/h3-10,13,15-17,27H,11-12,14,18H2,1-2H3/b10-7+/t27-/m1/s1. The molecule has 3 aromatic carbocycles. The Labute approximate surface area is 252 Å². The average molecular weight is 643 g/mol. The minimum atomic E-state index is -5.14. The summed E-state index contributed by atoms with van der Waals surface area (Å²) in [4.78, 5) is 29.2. The van der Waals surface area contributed by atoms with Gasteiger partial charge in [0, 0.05) is 31.3 Å². The van der Waals surface area contributed by atoms with Crippen LogP contribution in [-0.4, -0.2) is 47.3 Å². The molecule has 13 heteroatoms. The molecule has 0 unspecified atom stereocenters. The number of alkyl halides is 9. The highest BCUT2D eigenvalue weighted by Crippen LogP contribution is 2.37. The fraction of sp³-hybridized carbons (Fsp3) is 0.312. The predicted molar refractivity (Wildman–Crippen MR) is 148 cm³/mol. The van der Waals surface area contributed by atoms with Crippen LogP contribution >= 0.6 is 0 Å². The van der Waals surface area contributed by atoms with Crippen molar-refractivity contribution in [3.8, 4) is 0 Å². The molecule has 1 aliphatic heterocycles. The van der Waals surface area contributed by atoms with Crippen LogP contribution in [0.3, 0.4) is 0 Å². The lowest BCUT2D eigenvalue weighted by Crippen LogP contribution is -2.57. The molecule has 0 radical (unpaired) electrons. The maximum Gasteiger partial charge on any atom is 0.416 e. The van der Waals surface area contributed by atoms with Gasteiger partial charge in [0.05, 0.1) is 22.7 Å². The van der Waals surface area contributed by atoms with Gasteiger partial charge >= 0.3 is 18.5 Å². The minimum absolute atomic E-state index is 0.0526. The maximum atomic E-state index is 13.6. The van der Waals surface area contributed by atoms with Crippen LogP contribution in [0.25, 0.3) is 6.08 Å². The Kier molecular flexibility index (Phi) is 9.41. The van der Waals surface area contributed by atoms with Crippen molar-refractivity contribution >= 4 is 17.9 Å². The lowest BCUT2D eigenvalue weighted by molar-refractivity contribution is -0.143. The number of hydrogen-bond acceptors (Lipinski definition) is 2. The molecule has 1 atom stereocenters. The number of hydrogen-bond donors (Lipinski definition) is 0. The molecule has 2 amide bonds. The third-order valence-corrected chi connectivity index (χ3v) is 7.59. The summed E-state index contributed by atoms with van der Waals surface area (Å²) in [7, 11) is 0. The van der Waals surface area contributed by atoms with E-state index in [9.17, 15) is 49.1 Å². The number of aryl methyl sites for hydroxylation is 2. The number of piperazine rings is 1. The topological polar surface area (TPSA) is 40.6 Å². The number of rotatable bonds is 5. The molecule has 0 aromatic heterocycles. The smallest absolute Gasteiger partial charge is 0.335 e. The molecule has 0 aliphatic carbocycles. The fourth-order valence-corrected chi connectivity index (χ4v) is 5.00. The highest BCUT2D eigenvalue weighted by Gasteiger charge is 2.39. The molecule has 1 aliphatic rings. The summed E-state index contributed by atoms with van der Waals surface area (Å²) < 4.78 is 119. The van der Waals surface area contributed by atoms with Crippen molar-refractivity contribution in [3.63, 3.8) is 0 Å². The third-order valence-electron chi connectivity index (χ3n) is 7.59. The van der Waals surface area contributed by atoms with Gasteiger partial charge in [-0.3, -0.25) is 9.59 Å². The van der Waals surface area contributed by atoms with Gasteiger partial charge in [-0.25, -0.2) is 0 Å². The summed E-state index contributed by atoms with van der Waals surface area (Å²) in [5, 5.41) is 0. The molecule has 4 nitrogen and oxygen atoms in total. The first-order valence-electron chi connectivity index (χ1n) is 13.6. The first-order chi connectivity index (χ1) is 20.8. The van der Waals surface area contributed by atoms with Crippen LogP contribution in [0.15, 0.2) is 66.7 Å². The van der Waals surface area contributed by atoms with Crippen molar-refractivity contribution in [3.05, 3.63) is 111 Å². The van der Waals surface area contributed by atoms with Crippen LogP contribution < -0.4 is 0 Å². The molecular weight excluding hydrogens is 615 g/mol. The van der Waals surface area contributed by atoms with Gasteiger partial charge in [0.25, 0.3) is 5.91 Å². The van der Waals surface area contributed by atoms with E-state index in [-0.39, 0.29) is 32.1 Å². The van der Waals surface area contributed by atoms with Crippen molar-refractivity contribution in [2.75, 3.05) is 19.6 Å². The third kappa shape index (κ3) is 8.25. The summed E-state index contributed by atoms with van der Waals surface area (Å²) in [5.41, 5.74) is -1.93. The lowest BCUT2D eigenvalue weighted by Gasteiger charge is -2.41. The molecule has 3 aromatic rings. The zero-order valence-electron chi connectivity index (χ0n) is 23.9. The Balaban J connectivity index is 1.62. The molecular formula is C32H27F9N2O2. The molecule has 1 heterocycles. The van der Waals surface area contributed by atoms with E-state index in [0.717, 1.165) is 34.9 Å². The zero-order valence-corrected chi connectivity index (χ0v) is 23.9. The van der Waals surface area contributed by atoms with E-state index in [0.29, 0.717) is 17.7 Å². The highest BCUT2D eigenvalue weighted by molar-refractivity contribution is 5.96. The van der Waals surface area contributed by atoms with Crippen LogP contribution in [0, 0.1) is 13.8 Å². The Morgan fingerprint density at radius 2 is 1.31 bits per heavy atom.